The zero-order valence-electron chi connectivity index (χ0n) is 11.9. The first-order valence-electron chi connectivity index (χ1n) is 7.39. The minimum absolute atomic E-state index is 0.713. The van der Waals surface area contributed by atoms with E-state index in [0.29, 0.717) is 6.01 Å². The molecule has 1 aromatic heterocycles. The third kappa shape index (κ3) is 2.70. The van der Waals surface area contributed by atoms with Crippen molar-refractivity contribution in [3.8, 4) is 0 Å². The van der Waals surface area contributed by atoms with Crippen LogP contribution in [0.5, 0.6) is 0 Å². The summed E-state index contributed by atoms with van der Waals surface area (Å²) in [6, 6.07) is 9.22. The van der Waals surface area contributed by atoms with E-state index < -0.39 is 0 Å². The van der Waals surface area contributed by atoms with Crippen LogP contribution in [0.15, 0.2) is 34.9 Å². The predicted molar refractivity (Wildman–Crippen MR) is 80.3 cm³/mol. The van der Waals surface area contributed by atoms with Gasteiger partial charge in [-0.2, -0.15) is 4.98 Å². The van der Waals surface area contributed by atoms with Gasteiger partial charge in [0, 0.05) is 18.8 Å². The zero-order chi connectivity index (χ0) is 13.8. The van der Waals surface area contributed by atoms with Gasteiger partial charge in [0.2, 0.25) is 0 Å². The molecule has 0 aliphatic carbocycles. The summed E-state index contributed by atoms with van der Waals surface area (Å²) in [4.78, 5) is 6.78. The molecule has 1 aliphatic rings. The van der Waals surface area contributed by atoms with Gasteiger partial charge in [-0.05, 0) is 37.4 Å². The monoisotopic (exact) mass is 271 g/mol. The van der Waals surface area contributed by atoms with Gasteiger partial charge in [0.1, 0.15) is 6.26 Å². The molecule has 3 rings (SSSR count). The first kappa shape index (κ1) is 13.2. The van der Waals surface area contributed by atoms with Gasteiger partial charge in [-0.3, -0.25) is 4.90 Å². The summed E-state index contributed by atoms with van der Waals surface area (Å²) in [6.07, 6.45) is 5.17. The minimum Gasteiger partial charge on any atom is -0.431 e. The molecule has 0 spiro atoms. The maximum Gasteiger partial charge on any atom is 0.302 e. The fraction of sp³-hybridized carbons (Fsp3) is 0.438. The Bertz CT molecular complexity index is 564. The van der Waals surface area contributed by atoms with Crippen LogP contribution in [-0.2, 0) is 13.0 Å². The molecule has 0 bridgehead atoms. The summed E-state index contributed by atoms with van der Waals surface area (Å²) in [6.45, 7) is 4.91. The molecule has 0 radical (unpaired) electrons. The molecule has 2 aromatic rings. The van der Waals surface area contributed by atoms with Crippen molar-refractivity contribution in [2.24, 2.45) is 0 Å². The summed E-state index contributed by atoms with van der Waals surface area (Å²) in [5, 5.41) is 3.35. The fourth-order valence-electron chi connectivity index (χ4n) is 2.63. The average molecular weight is 271 g/mol. The smallest absolute Gasteiger partial charge is 0.302 e. The lowest BCUT2D eigenvalue weighted by molar-refractivity contribution is 0.543. The molecule has 20 heavy (non-hydrogen) atoms. The van der Waals surface area contributed by atoms with Crippen molar-refractivity contribution in [2.75, 3.05) is 18.0 Å². The lowest BCUT2D eigenvalue weighted by Crippen LogP contribution is -2.24. The van der Waals surface area contributed by atoms with Crippen molar-refractivity contribution in [1.29, 1.82) is 0 Å². The second-order valence-corrected chi connectivity index (χ2v) is 5.18. The highest BCUT2D eigenvalue weighted by molar-refractivity contribution is 5.62. The molecule has 1 N–H and O–H groups in total. The zero-order valence-corrected chi connectivity index (χ0v) is 11.9. The largest absolute Gasteiger partial charge is 0.431 e. The van der Waals surface area contributed by atoms with Gasteiger partial charge in [0.15, 0.2) is 0 Å². The van der Waals surface area contributed by atoms with Crippen molar-refractivity contribution >= 4 is 11.7 Å². The predicted octanol–water partition coefficient (Wildman–Crippen LogP) is 3.26. The molecule has 4 heteroatoms. The van der Waals surface area contributed by atoms with Gasteiger partial charge >= 0.3 is 6.01 Å². The third-order valence-electron chi connectivity index (χ3n) is 3.61. The number of para-hydroxylation sites is 1. The molecule has 0 fully saturated rings. The first-order valence-corrected chi connectivity index (χ1v) is 7.39. The number of aromatic nitrogens is 1. The molecule has 0 atom stereocenters. The number of anilines is 2. The Morgan fingerprint density at radius 3 is 3.15 bits per heavy atom. The Kier molecular flexibility index (Phi) is 4.02. The Labute approximate surface area is 119 Å². The molecular weight excluding hydrogens is 250 g/mol. The number of nitrogens with one attached hydrogen (secondary N) is 1. The number of aryl methyl sites for hydroxylation is 1. The highest BCUT2D eigenvalue weighted by atomic mass is 16.4. The van der Waals surface area contributed by atoms with E-state index in [1.165, 1.54) is 11.3 Å². The number of fused-ring (bicyclic) bond motifs is 1. The van der Waals surface area contributed by atoms with E-state index in [4.69, 9.17) is 4.42 Å². The molecule has 0 unspecified atom stereocenters. The number of hydrogen-bond donors (Lipinski definition) is 1. The minimum atomic E-state index is 0.713. The molecule has 0 saturated carbocycles. The standard InChI is InChI=1S/C16H21N3O/c1-2-9-17-11-14-12-20-16(18-14)19-10-5-7-13-6-3-4-8-15(13)19/h3-4,6,8,12,17H,2,5,7,9-11H2,1H3. The van der Waals surface area contributed by atoms with E-state index in [1.54, 1.807) is 6.26 Å². The summed E-state index contributed by atoms with van der Waals surface area (Å²) in [5.41, 5.74) is 3.58. The van der Waals surface area contributed by atoms with Gasteiger partial charge < -0.3 is 9.73 Å². The lowest BCUT2D eigenvalue weighted by atomic mass is 10.0. The first-order chi connectivity index (χ1) is 9.88. The average Bonchev–Trinajstić information content (AvgIpc) is 2.96. The summed E-state index contributed by atoms with van der Waals surface area (Å²) >= 11 is 0. The van der Waals surface area contributed by atoms with Crippen LogP contribution in [-0.4, -0.2) is 18.1 Å². The van der Waals surface area contributed by atoms with Crippen molar-refractivity contribution in [3.05, 3.63) is 41.8 Å². The highest BCUT2D eigenvalue weighted by Gasteiger charge is 2.21. The van der Waals surface area contributed by atoms with Gasteiger partial charge in [0.25, 0.3) is 0 Å². The number of nitrogens with zero attached hydrogens (tertiary/aromatic N) is 2. The highest BCUT2D eigenvalue weighted by Crippen LogP contribution is 2.32. The molecular formula is C16H21N3O. The van der Waals surface area contributed by atoms with E-state index in [2.05, 4.69) is 46.4 Å². The maximum atomic E-state index is 5.67. The van der Waals surface area contributed by atoms with Gasteiger partial charge in [0.05, 0.1) is 5.69 Å². The van der Waals surface area contributed by atoms with E-state index in [-0.39, 0.29) is 0 Å². The van der Waals surface area contributed by atoms with Crippen LogP contribution in [0.1, 0.15) is 31.0 Å². The molecule has 0 saturated heterocycles. The Morgan fingerprint density at radius 2 is 2.25 bits per heavy atom. The third-order valence-corrected chi connectivity index (χ3v) is 3.61. The van der Waals surface area contributed by atoms with Crippen LogP contribution in [0.2, 0.25) is 0 Å². The van der Waals surface area contributed by atoms with Gasteiger partial charge in [-0.25, -0.2) is 0 Å². The SMILES string of the molecule is CCCNCc1coc(N2CCCc3ccccc32)n1. The van der Waals surface area contributed by atoms with Crippen molar-refractivity contribution in [2.45, 2.75) is 32.7 Å². The normalized spacial score (nSPS) is 14.3. The Morgan fingerprint density at radius 1 is 1.35 bits per heavy atom. The molecule has 2 heterocycles. The van der Waals surface area contributed by atoms with Crippen molar-refractivity contribution in [3.63, 3.8) is 0 Å². The van der Waals surface area contributed by atoms with E-state index in [1.807, 2.05) is 0 Å². The quantitative estimate of drug-likeness (QED) is 0.847. The van der Waals surface area contributed by atoms with E-state index in [0.717, 1.165) is 44.6 Å². The Balaban J connectivity index is 1.77. The number of rotatable bonds is 5. The molecule has 1 aliphatic heterocycles. The number of oxazole rings is 1. The second-order valence-electron chi connectivity index (χ2n) is 5.18. The van der Waals surface area contributed by atoms with E-state index in [9.17, 15) is 0 Å². The number of hydrogen-bond acceptors (Lipinski definition) is 4. The topological polar surface area (TPSA) is 41.3 Å². The molecule has 106 valence electrons. The van der Waals surface area contributed by atoms with Crippen LogP contribution in [0, 0.1) is 0 Å². The summed E-state index contributed by atoms with van der Waals surface area (Å²) in [7, 11) is 0. The van der Waals surface area contributed by atoms with Crippen LogP contribution >= 0.6 is 0 Å². The van der Waals surface area contributed by atoms with Gasteiger partial charge in [-0.15, -0.1) is 0 Å². The van der Waals surface area contributed by atoms with Crippen LogP contribution in [0.3, 0.4) is 0 Å². The maximum absolute atomic E-state index is 5.67. The van der Waals surface area contributed by atoms with Crippen molar-refractivity contribution < 1.29 is 4.42 Å². The fourth-order valence-corrected chi connectivity index (χ4v) is 2.63. The lowest BCUT2D eigenvalue weighted by Gasteiger charge is -2.27. The van der Waals surface area contributed by atoms with Crippen LogP contribution in [0.4, 0.5) is 11.7 Å². The van der Waals surface area contributed by atoms with Crippen LogP contribution < -0.4 is 10.2 Å². The van der Waals surface area contributed by atoms with Crippen LogP contribution in [0.25, 0.3) is 0 Å². The molecule has 0 amide bonds. The summed E-state index contributed by atoms with van der Waals surface area (Å²) < 4.78 is 5.67. The van der Waals surface area contributed by atoms with Gasteiger partial charge in [-0.1, -0.05) is 25.1 Å². The van der Waals surface area contributed by atoms with Crippen molar-refractivity contribution in [1.82, 2.24) is 10.3 Å². The van der Waals surface area contributed by atoms with E-state index >= 15 is 0 Å². The number of benzene rings is 1. The Hall–Kier alpha value is -1.81. The second kappa shape index (κ2) is 6.09. The molecule has 1 aromatic carbocycles. The summed E-state index contributed by atoms with van der Waals surface area (Å²) in [5.74, 6) is 0. The molecule has 4 nitrogen and oxygen atoms in total.